The molecule has 1 heterocycles. The molecule has 0 spiro atoms. The maximum Gasteiger partial charge on any atom is 0.387 e. The molecular weight excluding hydrogens is 378 g/mol. The first kappa shape index (κ1) is 21.5. The smallest absolute Gasteiger partial charge is 0.387 e. The summed E-state index contributed by atoms with van der Waals surface area (Å²) in [6, 6.07) is 13.1. The van der Waals surface area contributed by atoms with E-state index in [4.69, 9.17) is 0 Å². The molecule has 29 heavy (non-hydrogen) atoms. The Morgan fingerprint density at radius 2 is 1.72 bits per heavy atom. The number of aliphatic hydroxyl groups is 1. The molecule has 1 aliphatic rings. The predicted molar refractivity (Wildman–Crippen MR) is 107 cm³/mol. The van der Waals surface area contributed by atoms with Gasteiger partial charge in [-0.25, -0.2) is 0 Å². The van der Waals surface area contributed by atoms with E-state index in [1.807, 2.05) is 12.1 Å². The van der Waals surface area contributed by atoms with Gasteiger partial charge in [0.05, 0.1) is 6.10 Å². The maximum atomic E-state index is 12.3. The average molecular weight is 406 g/mol. The van der Waals surface area contributed by atoms with Crippen molar-refractivity contribution in [3.05, 3.63) is 59.7 Å². The lowest BCUT2D eigenvalue weighted by Crippen LogP contribution is -2.44. The molecule has 0 unspecified atom stereocenters. The SMILES string of the molecule is Oc1ccccc1CCN[C@H](CN1CCCC1)[C@H](O)c1ccc(OC(F)F)cc1. The summed E-state index contributed by atoms with van der Waals surface area (Å²) >= 11 is 0. The first-order chi connectivity index (χ1) is 14.0. The number of benzene rings is 2. The van der Waals surface area contributed by atoms with Gasteiger partial charge in [-0.1, -0.05) is 30.3 Å². The third-order valence-electron chi connectivity index (χ3n) is 5.27. The standard InChI is InChI=1S/C22H28F2N2O3/c23-22(24)29-18-9-7-17(8-10-18)21(28)19(15-26-13-3-4-14-26)25-12-11-16-5-1-2-6-20(16)27/h1-2,5-10,19,21-22,25,27-28H,3-4,11-15H2/t19-,21-/m1/s1. The molecule has 0 amide bonds. The first-order valence-electron chi connectivity index (χ1n) is 9.98. The van der Waals surface area contributed by atoms with Gasteiger partial charge in [0.2, 0.25) is 0 Å². The number of nitrogens with one attached hydrogen (secondary N) is 1. The molecule has 3 N–H and O–H groups in total. The summed E-state index contributed by atoms with van der Waals surface area (Å²) in [5.74, 6) is 0.333. The van der Waals surface area contributed by atoms with Crippen molar-refractivity contribution in [2.24, 2.45) is 0 Å². The number of para-hydroxylation sites is 1. The second-order valence-electron chi connectivity index (χ2n) is 7.34. The lowest BCUT2D eigenvalue weighted by Gasteiger charge is -2.29. The van der Waals surface area contributed by atoms with Crippen LogP contribution >= 0.6 is 0 Å². The largest absolute Gasteiger partial charge is 0.508 e. The Bertz CT molecular complexity index is 752. The van der Waals surface area contributed by atoms with Crippen LogP contribution in [0.2, 0.25) is 0 Å². The highest BCUT2D eigenvalue weighted by molar-refractivity contribution is 5.32. The van der Waals surface area contributed by atoms with Crippen molar-refractivity contribution in [2.75, 3.05) is 26.2 Å². The third-order valence-corrected chi connectivity index (χ3v) is 5.27. The second-order valence-corrected chi connectivity index (χ2v) is 7.34. The Morgan fingerprint density at radius 3 is 2.38 bits per heavy atom. The summed E-state index contributed by atoms with van der Waals surface area (Å²) < 4.78 is 29.1. The summed E-state index contributed by atoms with van der Waals surface area (Å²) in [4.78, 5) is 2.31. The van der Waals surface area contributed by atoms with Gasteiger partial charge in [0.15, 0.2) is 0 Å². The number of ether oxygens (including phenoxy) is 1. The monoisotopic (exact) mass is 406 g/mol. The average Bonchev–Trinajstić information content (AvgIpc) is 3.21. The van der Waals surface area contributed by atoms with Crippen LogP contribution in [0.1, 0.15) is 30.1 Å². The molecule has 3 rings (SSSR count). The number of phenols is 1. The van der Waals surface area contributed by atoms with Crippen LogP contribution in [0, 0.1) is 0 Å². The number of alkyl halides is 2. The predicted octanol–water partition coefficient (Wildman–Crippen LogP) is 3.32. The van der Waals surface area contributed by atoms with Gasteiger partial charge >= 0.3 is 6.61 Å². The van der Waals surface area contributed by atoms with E-state index in [0.717, 1.165) is 31.5 Å². The highest BCUT2D eigenvalue weighted by Gasteiger charge is 2.25. The van der Waals surface area contributed by atoms with E-state index in [9.17, 15) is 19.0 Å². The van der Waals surface area contributed by atoms with E-state index in [2.05, 4.69) is 15.0 Å². The summed E-state index contributed by atoms with van der Waals surface area (Å²) in [6.45, 7) is 0.429. The quantitative estimate of drug-likeness (QED) is 0.565. The fourth-order valence-electron chi connectivity index (χ4n) is 3.71. The minimum absolute atomic E-state index is 0.0690. The minimum atomic E-state index is -2.87. The van der Waals surface area contributed by atoms with Crippen LogP contribution in [0.3, 0.4) is 0 Å². The van der Waals surface area contributed by atoms with Crippen LogP contribution < -0.4 is 10.1 Å². The Kier molecular flexibility index (Phi) is 7.80. The van der Waals surface area contributed by atoms with Crippen LogP contribution in [-0.2, 0) is 6.42 Å². The van der Waals surface area contributed by atoms with Crippen LogP contribution in [0.5, 0.6) is 11.5 Å². The van der Waals surface area contributed by atoms with Crippen LogP contribution in [-0.4, -0.2) is 53.9 Å². The van der Waals surface area contributed by atoms with Gasteiger partial charge in [0.1, 0.15) is 11.5 Å². The topological polar surface area (TPSA) is 65.0 Å². The van der Waals surface area contributed by atoms with E-state index in [1.54, 1.807) is 24.3 Å². The van der Waals surface area contributed by atoms with Gasteiger partial charge in [-0.2, -0.15) is 8.78 Å². The zero-order chi connectivity index (χ0) is 20.6. The van der Waals surface area contributed by atoms with Crippen molar-refractivity contribution in [1.29, 1.82) is 0 Å². The molecule has 0 radical (unpaired) electrons. The first-order valence-corrected chi connectivity index (χ1v) is 9.98. The van der Waals surface area contributed by atoms with Crippen LogP contribution in [0.15, 0.2) is 48.5 Å². The molecule has 2 aromatic carbocycles. The highest BCUT2D eigenvalue weighted by atomic mass is 19.3. The molecule has 5 nitrogen and oxygen atoms in total. The number of rotatable bonds is 10. The number of aliphatic hydroxyl groups excluding tert-OH is 1. The minimum Gasteiger partial charge on any atom is -0.508 e. The second kappa shape index (κ2) is 10.5. The fourth-order valence-corrected chi connectivity index (χ4v) is 3.71. The van der Waals surface area contributed by atoms with Crippen molar-refractivity contribution >= 4 is 0 Å². The number of hydrogen-bond donors (Lipinski definition) is 3. The van der Waals surface area contributed by atoms with Crippen molar-refractivity contribution in [1.82, 2.24) is 10.2 Å². The summed E-state index contributed by atoms with van der Waals surface area (Å²) in [5.41, 5.74) is 1.49. The maximum absolute atomic E-state index is 12.3. The number of nitrogens with zero attached hydrogens (tertiary/aromatic N) is 1. The summed E-state index contributed by atoms with van der Waals surface area (Å²) in [7, 11) is 0. The van der Waals surface area contributed by atoms with Gasteiger partial charge in [-0.15, -0.1) is 0 Å². The summed E-state index contributed by atoms with van der Waals surface area (Å²) in [5, 5.41) is 24.3. The highest BCUT2D eigenvalue weighted by Crippen LogP contribution is 2.23. The van der Waals surface area contributed by atoms with E-state index in [0.29, 0.717) is 25.1 Å². The molecule has 158 valence electrons. The number of hydrogen-bond acceptors (Lipinski definition) is 5. The zero-order valence-corrected chi connectivity index (χ0v) is 16.3. The molecule has 0 saturated carbocycles. The molecule has 0 bridgehead atoms. The number of phenolic OH excluding ortho intramolecular Hbond substituents is 1. The van der Waals surface area contributed by atoms with Gasteiger partial charge in [0.25, 0.3) is 0 Å². The van der Waals surface area contributed by atoms with Gasteiger partial charge in [0, 0.05) is 12.6 Å². The van der Waals surface area contributed by atoms with Crippen molar-refractivity contribution in [3.63, 3.8) is 0 Å². The fraction of sp³-hybridized carbons (Fsp3) is 0.455. The molecule has 2 aromatic rings. The Balaban J connectivity index is 1.64. The molecule has 0 aliphatic carbocycles. The Labute approximate surface area is 169 Å². The van der Waals surface area contributed by atoms with E-state index in [-0.39, 0.29) is 17.5 Å². The van der Waals surface area contributed by atoms with E-state index < -0.39 is 12.7 Å². The van der Waals surface area contributed by atoms with Gasteiger partial charge in [-0.05, 0) is 68.2 Å². The Morgan fingerprint density at radius 1 is 1.03 bits per heavy atom. The van der Waals surface area contributed by atoms with Crippen molar-refractivity contribution in [3.8, 4) is 11.5 Å². The Hall–Kier alpha value is -2.22. The number of aromatic hydroxyl groups is 1. The number of halogens is 2. The molecule has 0 aromatic heterocycles. The zero-order valence-electron chi connectivity index (χ0n) is 16.3. The van der Waals surface area contributed by atoms with E-state index in [1.165, 1.54) is 12.1 Å². The lowest BCUT2D eigenvalue weighted by molar-refractivity contribution is -0.0498. The normalized spacial score (nSPS) is 16.8. The molecule has 1 saturated heterocycles. The molecular formula is C22H28F2N2O3. The van der Waals surface area contributed by atoms with Gasteiger partial charge in [-0.3, -0.25) is 0 Å². The number of likely N-dealkylation sites (tertiary alicyclic amines) is 1. The molecule has 2 atom stereocenters. The van der Waals surface area contributed by atoms with Gasteiger partial charge < -0.3 is 25.2 Å². The third kappa shape index (κ3) is 6.39. The summed E-state index contributed by atoms with van der Waals surface area (Å²) in [6.07, 6.45) is 2.15. The molecule has 1 aliphatic heterocycles. The van der Waals surface area contributed by atoms with Crippen molar-refractivity contribution < 1.29 is 23.7 Å². The van der Waals surface area contributed by atoms with E-state index >= 15 is 0 Å². The molecule has 1 fully saturated rings. The van der Waals surface area contributed by atoms with Crippen molar-refractivity contribution in [2.45, 2.75) is 38.0 Å². The van der Waals surface area contributed by atoms with Crippen LogP contribution in [0.4, 0.5) is 8.78 Å². The van der Waals surface area contributed by atoms with Crippen LogP contribution in [0.25, 0.3) is 0 Å². The lowest BCUT2D eigenvalue weighted by atomic mass is 10.0. The molecule has 7 heteroatoms.